The Morgan fingerprint density at radius 1 is 1.62 bits per heavy atom. The van der Waals surface area contributed by atoms with Gasteiger partial charge in [0, 0.05) is 31.0 Å². The van der Waals surface area contributed by atoms with Gasteiger partial charge in [-0.3, -0.25) is 4.79 Å². The Labute approximate surface area is 80.5 Å². The number of rotatable bonds is 3. The molecule has 1 saturated heterocycles. The molecule has 2 unspecified atom stereocenters. The normalized spacial score (nSPS) is 29.0. The summed E-state index contributed by atoms with van der Waals surface area (Å²) in [4.78, 5) is 13.6. The minimum Gasteiger partial charge on any atom is -0.337 e. The molecule has 0 saturated carbocycles. The highest BCUT2D eigenvalue weighted by Crippen LogP contribution is 2.26. The van der Waals surface area contributed by atoms with E-state index in [1.165, 1.54) is 0 Å². The lowest BCUT2D eigenvalue weighted by Gasteiger charge is -2.28. The van der Waals surface area contributed by atoms with Crippen LogP contribution >= 0.6 is 0 Å². The quantitative estimate of drug-likeness (QED) is 0.705. The monoisotopic (exact) mass is 184 g/mol. The fourth-order valence-electron chi connectivity index (χ4n) is 2.22. The van der Waals surface area contributed by atoms with Crippen molar-refractivity contribution >= 4 is 5.91 Å². The van der Waals surface area contributed by atoms with Gasteiger partial charge in [-0.2, -0.15) is 0 Å². The maximum absolute atomic E-state index is 11.6. The van der Waals surface area contributed by atoms with Crippen molar-refractivity contribution in [3.63, 3.8) is 0 Å². The van der Waals surface area contributed by atoms with Crippen molar-refractivity contribution in [2.24, 2.45) is 5.92 Å². The molecule has 1 N–H and O–H groups in total. The van der Waals surface area contributed by atoms with E-state index < -0.39 is 0 Å². The highest BCUT2D eigenvalue weighted by molar-refractivity contribution is 5.79. The highest BCUT2D eigenvalue weighted by atomic mass is 16.2. The lowest BCUT2D eigenvalue weighted by atomic mass is 10.0. The van der Waals surface area contributed by atoms with Gasteiger partial charge in [-0.15, -0.1) is 0 Å². The first-order valence-corrected chi connectivity index (χ1v) is 5.03. The van der Waals surface area contributed by atoms with Crippen molar-refractivity contribution in [1.82, 2.24) is 10.2 Å². The van der Waals surface area contributed by atoms with Crippen molar-refractivity contribution < 1.29 is 4.79 Å². The van der Waals surface area contributed by atoms with E-state index in [-0.39, 0.29) is 0 Å². The smallest absolute Gasteiger partial charge is 0.223 e. The summed E-state index contributed by atoms with van der Waals surface area (Å²) in [7, 11) is 1.94. The number of likely N-dealkylation sites (tertiary alicyclic amines) is 1. The third kappa shape index (κ3) is 2.02. The van der Waals surface area contributed by atoms with E-state index in [9.17, 15) is 4.79 Å². The Bertz CT molecular complexity index is 191. The molecule has 0 spiro atoms. The summed E-state index contributed by atoms with van der Waals surface area (Å²) in [5.41, 5.74) is 0. The molecule has 1 rings (SSSR count). The standard InChI is InChI=1S/C10H20N2O/c1-7(2)12-8(3)9(6-11-4)5-10(12)13/h7-9,11H,5-6H2,1-4H3. The van der Waals surface area contributed by atoms with Gasteiger partial charge in [0.2, 0.25) is 5.91 Å². The number of hydrogen-bond acceptors (Lipinski definition) is 2. The maximum Gasteiger partial charge on any atom is 0.223 e. The van der Waals surface area contributed by atoms with Crippen LogP contribution in [0.5, 0.6) is 0 Å². The number of nitrogens with one attached hydrogen (secondary N) is 1. The van der Waals surface area contributed by atoms with Gasteiger partial charge >= 0.3 is 0 Å². The Kier molecular flexibility index (Phi) is 3.31. The first-order chi connectivity index (χ1) is 6.07. The zero-order chi connectivity index (χ0) is 10.0. The molecule has 0 aliphatic carbocycles. The van der Waals surface area contributed by atoms with Gasteiger partial charge in [0.1, 0.15) is 0 Å². The zero-order valence-electron chi connectivity index (χ0n) is 9.00. The molecule has 0 aromatic rings. The fourth-order valence-corrected chi connectivity index (χ4v) is 2.22. The molecule has 0 aromatic carbocycles. The number of nitrogens with zero attached hydrogens (tertiary/aromatic N) is 1. The van der Waals surface area contributed by atoms with Crippen molar-refractivity contribution in [3.05, 3.63) is 0 Å². The van der Waals surface area contributed by atoms with Gasteiger partial charge in [0.05, 0.1) is 0 Å². The van der Waals surface area contributed by atoms with Crippen LogP contribution in [0.1, 0.15) is 27.2 Å². The van der Waals surface area contributed by atoms with E-state index in [0.717, 1.165) is 6.54 Å². The fraction of sp³-hybridized carbons (Fsp3) is 0.900. The van der Waals surface area contributed by atoms with Crippen LogP contribution in [0.25, 0.3) is 0 Å². The Balaban J connectivity index is 2.64. The van der Waals surface area contributed by atoms with Gasteiger partial charge in [0.25, 0.3) is 0 Å². The van der Waals surface area contributed by atoms with Gasteiger partial charge in [-0.05, 0) is 27.8 Å². The molecule has 0 aromatic heterocycles. The second kappa shape index (κ2) is 4.09. The van der Waals surface area contributed by atoms with Crippen molar-refractivity contribution in [2.75, 3.05) is 13.6 Å². The molecule has 2 atom stereocenters. The molecule has 1 aliphatic heterocycles. The molecule has 1 amide bonds. The summed E-state index contributed by atoms with van der Waals surface area (Å²) in [5, 5.41) is 3.14. The SMILES string of the molecule is CNCC1CC(=O)N(C(C)C)C1C. The first-order valence-electron chi connectivity index (χ1n) is 5.03. The van der Waals surface area contributed by atoms with Crippen LogP contribution in [0.3, 0.4) is 0 Å². The van der Waals surface area contributed by atoms with E-state index >= 15 is 0 Å². The van der Waals surface area contributed by atoms with Gasteiger partial charge in [-0.25, -0.2) is 0 Å². The lowest BCUT2D eigenvalue weighted by molar-refractivity contribution is -0.130. The Morgan fingerprint density at radius 3 is 2.62 bits per heavy atom. The molecule has 76 valence electrons. The topological polar surface area (TPSA) is 32.3 Å². The van der Waals surface area contributed by atoms with Crippen LogP contribution < -0.4 is 5.32 Å². The van der Waals surface area contributed by atoms with Crippen LogP contribution in [0, 0.1) is 5.92 Å². The zero-order valence-corrected chi connectivity index (χ0v) is 9.00. The predicted octanol–water partition coefficient (Wildman–Crippen LogP) is 0.851. The predicted molar refractivity (Wildman–Crippen MR) is 53.5 cm³/mol. The summed E-state index contributed by atoms with van der Waals surface area (Å²) < 4.78 is 0. The second-order valence-corrected chi connectivity index (χ2v) is 4.16. The maximum atomic E-state index is 11.6. The number of amides is 1. The molecule has 13 heavy (non-hydrogen) atoms. The van der Waals surface area contributed by atoms with Gasteiger partial charge < -0.3 is 10.2 Å². The van der Waals surface area contributed by atoms with Crippen LogP contribution in [0.2, 0.25) is 0 Å². The van der Waals surface area contributed by atoms with Gasteiger partial charge in [-0.1, -0.05) is 0 Å². The Morgan fingerprint density at radius 2 is 2.23 bits per heavy atom. The molecular formula is C10H20N2O. The van der Waals surface area contributed by atoms with E-state index in [2.05, 4.69) is 26.1 Å². The molecule has 0 radical (unpaired) electrons. The van der Waals surface area contributed by atoms with E-state index in [1.54, 1.807) is 0 Å². The number of carbonyl (C=O) groups is 1. The largest absolute Gasteiger partial charge is 0.337 e. The summed E-state index contributed by atoms with van der Waals surface area (Å²) in [6.45, 7) is 7.25. The van der Waals surface area contributed by atoms with Crippen LogP contribution in [0.4, 0.5) is 0 Å². The molecule has 1 fully saturated rings. The van der Waals surface area contributed by atoms with E-state index in [1.807, 2.05) is 11.9 Å². The van der Waals surface area contributed by atoms with Crippen molar-refractivity contribution in [3.8, 4) is 0 Å². The van der Waals surface area contributed by atoms with E-state index in [0.29, 0.717) is 30.3 Å². The minimum atomic E-state index is 0.308. The molecular weight excluding hydrogens is 164 g/mol. The Hall–Kier alpha value is -0.570. The molecule has 0 bridgehead atoms. The molecule has 1 heterocycles. The highest BCUT2D eigenvalue weighted by Gasteiger charge is 2.37. The lowest BCUT2D eigenvalue weighted by Crippen LogP contribution is -2.39. The molecule has 3 nitrogen and oxygen atoms in total. The van der Waals surface area contributed by atoms with Gasteiger partial charge in [0.15, 0.2) is 0 Å². The third-order valence-corrected chi connectivity index (χ3v) is 2.87. The van der Waals surface area contributed by atoms with Crippen molar-refractivity contribution in [2.45, 2.75) is 39.3 Å². The van der Waals surface area contributed by atoms with E-state index in [4.69, 9.17) is 0 Å². The average Bonchev–Trinajstić information content (AvgIpc) is 2.28. The van der Waals surface area contributed by atoms with Crippen LogP contribution in [-0.2, 0) is 4.79 Å². The minimum absolute atomic E-state index is 0.308. The van der Waals surface area contributed by atoms with Crippen LogP contribution in [0.15, 0.2) is 0 Å². The molecule has 3 heteroatoms. The summed E-state index contributed by atoms with van der Waals surface area (Å²) in [5.74, 6) is 0.794. The summed E-state index contributed by atoms with van der Waals surface area (Å²) >= 11 is 0. The van der Waals surface area contributed by atoms with Crippen LogP contribution in [-0.4, -0.2) is 36.5 Å². The number of hydrogen-bond donors (Lipinski definition) is 1. The van der Waals surface area contributed by atoms with Crippen molar-refractivity contribution in [1.29, 1.82) is 0 Å². The summed E-state index contributed by atoms with van der Waals surface area (Å²) in [6, 6.07) is 0.726. The second-order valence-electron chi connectivity index (χ2n) is 4.16. The third-order valence-electron chi connectivity index (χ3n) is 2.87. The average molecular weight is 184 g/mol. The first kappa shape index (κ1) is 10.5. The summed E-state index contributed by atoms with van der Waals surface area (Å²) in [6.07, 6.45) is 0.709. The number of carbonyl (C=O) groups excluding carboxylic acids is 1. The molecule has 1 aliphatic rings.